The van der Waals surface area contributed by atoms with Gasteiger partial charge in [-0.05, 0) is 19.4 Å². The molecule has 114 valence electrons. The molecule has 0 amide bonds. The van der Waals surface area contributed by atoms with Gasteiger partial charge in [0.1, 0.15) is 16.0 Å². The van der Waals surface area contributed by atoms with Gasteiger partial charge in [-0.25, -0.2) is 14.8 Å². The highest BCUT2D eigenvalue weighted by molar-refractivity contribution is 7.20. The Labute approximate surface area is 130 Å². The second-order valence-corrected chi connectivity index (χ2v) is 5.59. The van der Waals surface area contributed by atoms with E-state index in [1.54, 1.807) is 31.0 Å². The zero-order chi connectivity index (χ0) is 15.7. The molecule has 3 heterocycles. The monoisotopic (exact) mass is 318 g/mol. The van der Waals surface area contributed by atoms with E-state index in [1.165, 1.54) is 17.7 Å². The van der Waals surface area contributed by atoms with E-state index in [-0.39, 0.29) is 5.97 Å². The highest BCUT2D eigenvalue weighted by atomic mass is 32.1. The maximum atomic E-state index is 12.0. The molecule has 0 N–H and O–H groups in total. The predicted octanol–water partition coefficient (Wildman–Crippen LogP) is 2.70. The van der Waals surface area contributed by atoms with Gasteiger partial charge in [-0.3, -0.25) is 4.68 Å². The summed E-state index contributed by atoms with van der Waals surface area (Å²) in [6.45, 7) is 3.94. The Balaban J connectivity index is 2.06. The van der Waals surface area contributed by atoms with Gasteiger partial charge in [0, 0.05) is 7.05 Å². The Morgan fingerprint density at radius 1 is 1.41 bits per heavy atom. The number of carbonyl (C=O) groups is 1. The topological polar surface area (TPSA) is 79.1 Å². The predicted molar refractivity (Wildman–Crippen MR) is 81.4 cm³/mol. The van der Waals surface area contributed by atoms with E-state index in [2.05, 4.69) is 15.1 Å². The molecule has 8 heteroatoms. The number of rotatable bonds is 4. The van der Waals surface area contributed by atoms with Crippen molar-refractivity contribution in [1.29, 1.82) is 0 Å². The minimum Gasteiger partial charge on any atom is -0.462 e. The molecular formula is C14H14N4O3S. The van der Waals surface area contributed by atoms with E-state index >= 15 is 0 Å². The van der Waals surface area contributed by atoms with Crippen molar-refractivity contribution >= 4 is 27.5 Å². The van der Waals surface area contributed by atoms with Gasteiger partial charge in [-0.15, -0.1) is 11.3 Å². The quantitative estimate of drug-likeness (QED) is 0.688. The fourth-order valence-corrected chi connectivity index (χ4v) is 3.10. The van der Waals surface area contributed by atoms with Crippen molar-refractivity contribution < 1.29 is 14.3 Å². The standard InChI is InChI=1S/C14H14N4O3S/c1-4-20-14(19)11-8(2)10-12(15-7-16-13(10)22-11)21-9-5-17-18(3)6-9/h5-7H,4H2,1-3H3. The van der Waals surface area contributed by atoms with Crippen LogP contribution in [0.15, 0.2) is 18.7 Å². The highest BCUT2D eigenvalue weighted by Gasteiger charge is 2.21. The summed E-state index contributed by atoms with van der Waals surface area (Å²) in [7, 11) is 1.80. The van der Waals surface area contributed by atoms with Gasteiger partial charge in [0.05, 0.1) is 24.4 Å². The lowest BCUT2D eigenvalue weighted by molar-refractivity contribution is 0.0531. The number of aryl methyl sites for hydroxylation is 2. The van der Waals surface area contributed by atoms with E-state index in [1.807, 2.05) is 6.92 Å². The van der Waals surface area contributed by atoms with Crippen LogP contribution >= 0.6 is 11.3 Å². The number of hydrogen-bond donors (Lipinski definition) is 0. The van der Waals surface area contributed by atoms with Gasteiger partial charge >= 0.3 is 5.97 Å². The van der Waals surface area contributed by atoms with Crippen LogP contribution in [0.25, 0.3) is 10.2 Å². The number of thiophene rings is 1. The van der Waals surface area contributed by atoms with Crippen molar-refractivity contribution in [3.8, 4) is 11.6 Å². The first-order valence-corrected chi connectivity index (χ1v) is 7.49. The van der Waals surface area contributed by atoms with Crippen LogP contribution in [0.3, 0.4) is 0 Å². The van der Waals surface area contributed by atoms with Gasteiger partial charge in [-0.2, -0.15) is 5.10 Å². The smallest absolute Gasteiger partial charge is 0.348 e. The highest BCUT2D eigenvalue weighted by Crippen LogP contribution is 2.36. The summed E-state index contributed by atoms with van der Waals surface area (Å²) in [6, 6.07) is 0. The molecule has 0 fully saturated rings. The summed E-state index contributed by atoms with van der Waals surface area (Å²) < 4.78 is 12.5. The molecule has 0 unspecified atom stereocenters. The molecule has 22 heavy (non-hydrogen) atoms. The molecule has 0 atom stereocenters. The van der Waals surface area contributed by atoms with E-state index < -0.39 is 0 Å². The van der Waals surface area contributed by atoms with Crippen LogP contribution in [0, 0.1) is 6.92 Å². The molecule has 0 aliphatic heterocycles. The molecule has 0 aliphatic carbocycles. The third kappa shape index (κ3) is 2.52. The molecule has 0 saturated carbocycles. The molecule has 3 aromatic rings. The largest absolute Gasteiger partial charge is 0.462 e. The van der Waals surface area contributed by atoms with Crippen LogP contribution in [-0.2, 0) is 11.8 Å². The van der Waals surface area contributed by atoms with E-state index in [9.17, 15) is 4.79 Å². The molecule has 0 bridgehead atoms. The number of fused-ring (bicyclic) bond motifs is 1. The number of aromatic nitrogens is 4. The summed E-state index contributed by atoms with van der Waals surface area (Å²) in [5.74, 6) is 0.628. The summed E-state index contributed by atoms with van der Waals surface area (Å²) in [5.41, 5.74) is 0.762. The van der Waals surface area contributed by atoms with Crippen molar-refractivity contribution in [2.75, 3.05) is 6.61 Å². The lowest BCUT2D eigenvalue weighted by Crippen LogP contribution is -2.03. The Kier molecular flexibility index (Phi) is 3.76. The first kappa shape index (κ1) is 14.5. The van der Waals surface area contributed by atoms with E-state index in [0.29, 0.717) is 27.9 Å². The summed E-state index contributed by atoms with van der Waals surface area (Å²) in [6.07, 6.45) is 4.75. The van der Waals surface area contributed by atoms with Gasteiger partial charge in [0.25, 0.3) is 0 Å². The Hall–Kier alpha value is -2.48. The molecule has 0 radical (unpaired) electrons. The van der Waals surface area contributed by atoms with Crippen LogP contribution < -0.4 is 4.74 Å². The number of hydrogen-bond acceptors (Lipinski definition) is 7. The summed E-state index contributed by atoms with van der Waals surface area (Å²) in [5, 5.41) is 4.77. The fourth-order valence-electron chi connectivity index (χ4n) is 2.07. The van der Waals surface area contributed by atoms with Crippen LogP contribution in [-0.4, -0.2) is 32.3 Å². The van der Waals surface area contributed by atoms with Crippen molar-refractivity contribution in [2.45, 2.75) is 13.8 Å². The summed E-state index contributed by atoms with van der Waals surface area (Å²) >= 11 is 1.28. The SMILES string of the molecule is CCOC(=O)c1sc2ncnc(Oc3cnn(C)c3)c2c1C. The number of esters is 1. The second kappa shape index (κ2) is 5.72. The lowest BCUT2D eigenvalue weighted by atomic mass is 10.2. The average molecular weight is 318 g/mol. The van der Waals surface area contributed by atoms with Gasteiger partial charge in [0.15, 0.2) is 5.75 Å². The molecule has 3 rings (SSSR count). The molecule has 0 spiro atoms. The zero-order valence-corrected chi connectivity index (χ0v) is 13.2. The molecule has 0 saturated heterocycles. The molecular weight excluding hydrogens is 304 g/mol. The first-order valence-electron chi connectivity index (χ1n) is 6.68. The maximum absolute atomic E-state index is 12.0. The summed E-state index contributed by atoms with van der Waals surface area (Å²) in [4.78, 5) is 21.6. The molecule has 0 aromatic carbocycles. The van der Waals surface area contributed by atoms with Crippen molar-refractivity contribution in [1.82, 2.24) is 19.7 Å². The average Bonchev–Trinajstić information content (AvgIpc) is 3.04. The minimum atomic E-state index is -0.352. The third-order valence-corrected chi connectivity index (χ3v) is 4.23. The molecule has 7 nitrogen and oxygen atoms in total. The van der Waals surface area contributed by atoms with Crippen LogP contribution in [0.2, 0.25) is 0 Å². The maximum Gasteiger partial charge on any atom is 0.348 e. The van der Waals surface area contributed by atoms with Crippen molar-refractivity contribution in [3.63, 3.8) is 0 Å². The second-order valence-electron chi connectivity index (χ2n) is 4.59. The molecule has 0 aliphatic rings. The Bertz CT molecular complexity index is 840. The van der Waals surface area contributed by atoms with Crippen molar-refractivity contribution in [3.05, 3.63) is 29.2 Å². The molecule has 3 aromatic heterocycles. The lowest BCUT2D eigenvalue weighted by Gasteiger charge is -2.03. The fraction of sp³-hybridized carbons (Fsp3) is 0.286. The normalized spacial score (nSPS) is 10.9. The van der Waals surface area contributed by atoms with Crippen LogP contribution in [0.5, 0.6) is 11.6 Å². The van der Waals surface area contributed by atoms with Gasteiger partial charge < -0.3 is 9.47 Å². The van der Waals surface area contributed by atoms with Crippen LogP contribution in [0.1, 0.15) is 22.2 Å². The number of nitrogens with zero attached hydrogens (tertiary/aromatic N) is 4. The minimum absolute atomic E-state index is 0.331. The number of carbonyl (C=O) groups excluding carboxylic acids is 1. The van der Waals surface area contributed by atoms with Gasteiger partial charge in [0.2, 0.25) is 5.88 Å². The van der Waals surface area contributed by atoms with E-state index in [4.69, 9.17) is 9.47 Å². The van der Waals surface area contributed by atoms with Crippen molar-refractivity contribution in [2.24, 2.45) is 7.05 Å². The first-order chi connectivity index (χ1) is 10.6. The van der Waals surface area contributed by atoms with E-state index in [0.717, 1.165) is 10.9 Å². The Morgan fingerprint density at radius 2 is 2.23 bits per heavy atom. The zero-order valence-electron chi connectivity index (χ0n) is 12.4. The van der Waals surface area contributed by atoms with Gasteiger partial charge in [-0.1, -0.05) is 0 Å². The third-order valence-electron chi connectivity index (χ3n) is 3.05. The Morgan fingerprint density at radius 3 is 2.91 bits per heavy atom. The number of ether oxygens (including phenoxy) is 2. The van der Waals surface area contributed by atoms with Crippen LogP contribution in [0.4, 0.5) is 0 Å².